The Kier molecular flexibility index (Phi) is 3.53. The predicted octanol–water partition coefficient (Wildman–Crippen LogP) is 1.35. The van der Waals surface area contributed by atoms with E-state index in [0.29, 0.717) is 0 Å². The molecule has 42 valence electrons. The maximum Gasteiger partial charge on any atom is 0.507 e. The molecule has 0 amide bonds. The van der Waals surface area contributed by atoms with Crippen LogP contribution in [0.2, 0.25) is 0 Å². The van der Waals surface area contributed by atoms with Gasteiger partial charge in [-0.15, -0.1) is 11.6 Å². The standard InChI is InChI=1S/C3H6ClO2P/c1-3(4)2-7(5)6/h3H,2H2,1H3/p+1. The van der Waals surface area contributed by atoms with Crippen LogP contribution >= 0.6 is 19.6 Å². The van der Waals surface area contributed by atoms with Crippen LogP contribution in [-0.2, 0) is 4.57 Å². The van der Waals surface area contributed by atoms with Crippen molar-refractivity contribution in [3.8, 4) is 0 Å². The van der Waals surface area contributed by atoms with Crippen LogP contribution in [0.4, 0.5) is 0 Å². The van der Waals surface area contributed by atoms with E-state index in [2.05, 4.69) is 0 Å². The molecule has 0 aliphatic heterocycles. The number of alkyl halides is 1. The van der Waals surface area contributed by atoms with E-state index in [4.69, 9.17) is 16.5 Å². The molecule has 0 aromatic heterocycles. The summed E-state index contributed by atoms with van der Waals surface area (Å²) in [5.74, 6) is 0. The highest BCUT2D eigenvalue weighted by Gasteiger charge is 2.13. The van der Waals surface area contributed by atoms with Gasteiger partial charge in [-0.3, -0.25) is 0 Å². The van der Waals surface area contributed by atoms with E-state index in [-0.39, 0.29) is 11.5 Å². The van der Waals surface area contributed by atoms with Crippen LogP contribution in [0.3, 0.4) is 0 Å². The minimum absolute atomic E-state index is 0.186. The molecule has 0 radical (unpaired) electrons. The zero-order valence-corrected chi connectivity index (χ0v) is 5.62. The fourth-order valence-electron chi connectivity index (χ4n) is 0.215. The molecule has 0 rings (SSSR count). The van der Waals surface area contributed by atoms with E-state index in [9.17, 15) is 4.57 Å². The molecule has 0 spiro atoms. The second kappa shape index (κ2) is 3.36. The third-order valence-corrected chi connectivity index (χ3v) is 1.64. The topological polar surface area (TPSA) is 37.3 Å². The normalized spacial score (nSPS) is 16.1. The van der Waals surface area contributed by atoms with Crippen molar-refractivity contribution in [3.05, 3.63) is 0 Å². The van der Waals surface area contributed by atoms with Crippen molar-refractivity contribution in [1.82, 2.24) is 0 Å². The molecule has 0 aromatic rings. The average Bonchev–Trinajstić information content (AvgIpc) is 1.27. The summed E-state index contributed by atoms with van der Waals surface area (Å²) >= 11 is 5.33. The van der Waals surface area contributed by atoms with Gasteiger partial charge in [-0.05, 0) is 11.5 Å². The maximum atomic E-state index is 9.87. The van der Waals surface area contributed by atoms with Crippen molar-refractivity contribution in [3.63, 3.8) is 0 Å². The second-order valence-electron chi connectivity index (χ2n) is 1.32. The van der Waals surface area contributed by atoms with Gasteiger partial charge in [-0.1, -0.05) is 0 Å². The van der Waals surface area contributed by atoms with Crippen LogP contribution in [-0.4, -0.2) is 16.4 Å². The summed E-state index contributed by atoms with van der Waals surface area (Å²) in [6.07, 6.45) is 0.191. The Balaban J connectivity index is 3.13. The maximum absolute atomic E-state index is 9.87. The minimum Gasteiger partial charge on any atom is -0.161 e. The Bertz CT molecular complexity index is 73.3. The molecule has 7 heavy (non-hydrogen) atoms. The number of rotatable bonds is 2. The smallest absolute Gasteiger partial charge is 0.161 e. The molecule has 2 nitrogen and oxygen atoms in total. The van der Waals surface area contributed by atoms with Crippen molar-refractivity contribution < 1.29 is 9.46 Å². The zero-order chi connectivity index (χ0) is 5.86. The third-order valence-electron chi connectivity index (χ3n) is 0.408. The second-order valence-corrected chi connectivity index (χ2v) is 3.13. The van der Waals surface area contributed by atoms with E-state index in [1.807, 2.05) is 0 Å². The van der Waals surface area contributed by atoms with E-state index >= 15 is 0 Å². The molecule has 1 N–H and O–H groups in total. The van der Waals surface area contributed by atoms with Crippen LogP contribution < -0.4 is 0 Å². The largest absolute Gasteiger partial charge is 0.507 e. The van der Waals surface area contributed by atoms with Crippen molar-refractivity contribution in [2.45, 2.75) is 12.3 Å². The Morgan fingerprint density at radius 1 is 2.00 bits per heavy atom. The molecular formula is C3H7ClO2P+. The Labute approximate surface area is 48.4 Å². The van der Waals surface area contributed by atoms with Gasteiger partial charge in [0.2, 0.25) is 0 Å². The molecule has 0 aromatic carbocycles. The lowest BCUT2D eigenvalue weighted by molar-refractivity contribution is 0.502. The van der Waals surface area contributed by atoms with Crippen LogP contribution in [0.15, 0.2) is 0 Å². The van der Waals surface area contributed by atoms with E-state index in [1.165, 1.54) is 0 Å². The van der Waals surface area contributed by atoms with Gasteiger partial charge in [-0.25, -0.2) is 0 Å². The third kappa shape index (κ3) is 6.35. The zero-order valence-electron chi connectivity index (χ0n) is 3.97. The number of hydrogen-bond acceptors (Lipinski definition) is 1. The van der Waals surface area contributed by atoms with Gasteiger partial charge in [0.1, 0.15) is 0 Å². The SMILES string of the molecule is CC(Cl)C[P+](=O)O. The van der Waals surface area contributed by atoms with Crippen molar-refractivity contribution in [1.29, 1.82) is 0 Å². The quantitative estimate of drug-likeness (QED) is 0.466. The first kappa shape index (κ1) is 7.35. The van der Waals surface area contributed by atoms with Crippen LogP contribution in [0.5, 0.6) is 0 Å². The molecule has 0 fully saturated rings. The van der Waals surface area contributed by atoms with E-state index < -0.39 is 8.03 Å². The summed E-state index contributed by atoms with van der Waals surface area (Å²) < 4.78 is 9.87. The molecular weight excluding hydrogens is 134 g/mol. The summed E-state index contributed by atoms with van der Waals surface area (Å²) in [7, 11) is -2.02. The van der Waals surface area contributed by atoms with Crippen LogP contribution in [0.25, 0.3) is 0 Å². The lowest BCUT2D eigenvalue weighted by Gasteiger charge is -1.82. The Morgan fingerprint density at radius 2 is 2.43 bits per heavy atom. The van der Waals surface area contributed by atoms with E-state index in [0.717, 1.165) is 0 Å². The van der Waals surface area contributed by atoms with Gasteiger partial charge in [0.05, 0.1) is 5.38 Å². The highest BCUT2D eigenvalue weighted by atomic mass is 35.5. The Morgan fingerprint density at radius 3 is 2.43 bits per heavy atom. The molecule has 0 saturated heterocycles. The summed E-state index contributed by atoms with van der Waals surface area (Å²) in [5.41, 5.74) is 0. The fourth-order valence-corrected chi connectivity index (χ4v) is 1.000. The monoisotopic (exact) mass is 141 g/mol. The lowest BCUT2D eigenvalue weighted by Crippen LogP contribution is -1.92. The van der Waals surface area contributed by atoms with E-state index in [1.54, 1.807) is 6.92 Å². The first-order chi connectivity index (χ1) is 3.13. The highest BCUT2D eigenvalue weighted by molar-refractivity contribution is 7.38. The molecule has 2 atom stereocenters. The predicted molar refractivity (Wildman–Crippen MR) is 30.0 cm³/mol. The van der Waals surface area contributed by atoms with Gasteiger partial charge in [0.15, 0.2) is 6.16 Å². The van der Waals surface area contributed by atoms with Crippen molar-refractivity contribution in [2.24, 2.45) is 0 Å². The number of halogens is 1. The molecule has 0 aliphatic rings. The molecule has 0 aliphatic carbocycles. The molecule has 2 unspecified atom stereocenters. The summed E-state index contributed by atoms with van der Waals surface area (Å²) in [5, 5.41) is -0.186. The van der Waals surface area contributed by atoms with Gasteiger partial charge in [-0.2, -0.15) is 4.89 Å². The number of hydrogen-bond donors (Lipinski definition) is 1. The van der Waals surface area contributed by atoms with Gasteiger partial charge in [0, 0.05) is 0 Å². The fraction of sp³-hybridized carbons (Fsp3) is 1.00. The first-order valence-electron chi connectivity index (χ1n) is 1.90. The van der Waals surface area contributed by atoms with Gasteiger partial charge in [0.25, 0.3) is 0 Å². The molecule has 0 bridgehead atoms. The van der Waals surface area contributed by atoms with Gasteiger partial charge >= 0.3 is 8.03 Å². The summed E-state index contributed by atoms with van der Waals surface area (Å²) in [4.78, 5) is 8.15. The first-order valence-corrected chi connectivity index (χ1v) is 3.74. The minimum atomic E-state index is -2.02. The van der Waals surface area contributed by atoms with Crippen molar-refractivity contribution >= 4 is 19.6 Å². The van der Waals surface area contributed by atoms with Crippen LogP contribution in [0.1, 0.15) is 6.92 Å². The lowest BCUT2D eigenvalue weighted by atomic mass is 10.6. The van der Waals surface area contributed by atoms with Gasteiger partial charge < -0.3 is 0 Å². The summed E-state index contributed by atoms with van der Waals surface area (Å²) in [6, 6.07) is 0. The molecule has 0 heterocycles. The highest BCUT2D eigenvalue weighted by Crippen LogP contribution is 2.16. The van der Waals surface area contributed by atoms with Crippen molar-refractivity contribution in [2.75, 3.05) is 6.16 Å². The molecule has 4 heteroatoms. The summed E-state index contributed by atoms with van der Waals surface area (Å²) in [6.45, 7) is 1.69. The average molecular weight is 142 g/mol. The Hall–Kier alpha value is 0.350. The molecule has 0 saturated carbocycles. The van der Waals surface area contributed by atoms with Crippen LogP contribution in [0, 0.1) is 0 Å².